The summed E-state index contributed by atoms with van der Waals surface area (Å²) in [5.41, 5.74) is 1.71. The molecule has 0 aliphatic rings. The van der Waals surface area contributed by atoms with Crippen molar-refractivity contribution < 1.29 is 9.52 Å². The molecular weight excluding hydrogens is 200 g/mol. The number of rotatable bonds is 0. The van der Waals surface area contributed by atoms with Crippen LogP contribution < -0.4 is 0 Å². The van der Waals surface area contributed by atoms with Crippen LogP contribution >= 0.6 is 0 Å². The van der Waals surface area contributed by atoms with Crippen LogP contribution in [0.4, 0.5) is 0 Å². The molecule has 4 rings (SSSR count). The summed E-state index contributed by atoms with van der Waals surface area (Å²) in [4.78, 5) is 0. The molecule has 1 aromatic heterocycles. The van der Waals surface area contributed by atoms with E-state index in [4.69, 9.17) is 4.42 Å². The number of hydrogen-bond donors (Lipinski definition) is 1. The maximum Gasteiger partial charge on any atom is 0.136 e. The summed E-state index contributed by atoms with van der Waals surface area (Å²) in [6.45, 7) is 0. The highest BCUT2D eigenvalue weighted by Crippen LogP contribution is 2.40. The smallest absolute Gasteiger partial charge is 0.136 e. The second-order valence-corrected chi connectivity index (χ2v) is 4.03. The van der Waals surface area contributed by atoms with Crippen molar-refractivity contribution >= 4 is 32.7 Å². The van der Waals surface area contributed by atoms with E-state index in [1.807, 2.05) is 36.4 Å². The van der Waals surface area contributed by atoms with Crippen LogP contribution in [0.2, 0.25) is 0 Å². The fourth-order valence-electron chi connectivity index (χ4n) is 2.45. The number of phenols is 1. The topological polar surface area (TPSA) is 33.4 Å². The van der Waals surface area contributed by atoms with E-state index in [-0.39, 0.29) is 0 Å². The van der Waals surface area contributed by atoms with Gasteiger partial charge in [-0.3, -0.25) is 0 Å². The summed E-state index contributed by atoms with van der Waals surface area (Å²) in [5.74, 6) is 0.312. The van der Waals surface area contributed by atoms with Gasteiger partial charge < -0.3 is 9.52 Å². The molecule has 0 saturated heterocycles. The lowest BCUT2D eigenvalue weighted by atomic mass is 10.0. The summed E-state index contributed by atoms with van der Waals surface area (Å²) >= 11 is 0. The highest BCUT2D eigenvalue weighted by atomic mass is 16.3. The van der Waals surface area contributed by atoms with Crippen molar-refractivity contribution in [1.29, 1.82) is 0 Å². The second kappa shape index (κ2) is 2.47. The van der Waals surface area contributed by atoms with E-state index >= 15 is 0 Å². The predicted octanol–water partition coefficient (Wildman–Crippen LogP) is 3.88. The zero-order valence-corrected chi connectivity index (χ0v) is 8.40. The second-order valence-electron chi connectivity index (χ2n) is 4.03. The van der Waals surface area contributed by atoms with Crippen LogP contribution in [0.5, 0.6) is 5.75 Å². The molecule has 0 aliphatic heterocycles. The van der Waals surface area contributed by atoms with Gasteiger partial charge in [0.25, 0.3) is 0 Å². The minimum atomic E-state index is 0.312. The van der Waals surface area contributed by atoms with Gasteiger partial charge in [0.2, 0.25) is 0 Å². The Bertz CT molecular complexity index is 811. The largest absolute Gasteiger partial charge is 0.507 e. The van der Waals surface area contributed by atoms with E-state index in [0.29, 0.717) is 5.75 Å². The summed E-state index contributed by atoms with van der Waals surface area (Å²) in [6.07, 6.45) is 0. The van der Waals surface area contributed by atoms with E-state index in [1.54, 1.807) is 6.07 Å². The van der Waals surface area contributed by atoms with E-state index in [9.17, 15) is 5.11 Å². The molecule has 0 radical (unpaired) electrons. The molecule has 0 spiro atoms. The third-order valence-corrected chi connectivity index (χ3v) is 3.12. The van der Waals surface area contributed by atoms with Gasteiger partial charge in [-0.2, -0.15) is 0 Å². The van der Waals surface area contributed by atoms with Crippen LogP contribution in [0, 0.1) is 0 Å². The summed E-state index contributed by atoms with van der Waals surface area (Å²) in [5, 5.41) is 14.0. The average Bonchev–Trinajstić information content (AvgIpc) is 2.67. The first-order valence-electron chi connectivity index (χ1n) is 5.20. The number of benzene rings is 3. The maximum absolute atomic E-state index is 9.96. The molecule has 0 unspecified atom stereocenters. The number of furan rings is 1. The lowest BCUT2D eigenvalue weighted by Crippen LogP contribution is -1.76. The Morgan fingerprint density at radius 3 is 2.50 bits per heavy atom. The normalized spacial score (nSPS) is 12.0. The first-order chi connectivity index (χ1) is 7.84. The van der Waals surface area contributed by atoms with E-state index < -0.39 is 0 Å². The first kappa shape index (κ1) is 7.99. The first-order valence-corrected chi connectivity index (χ1v) is 5.20. The van der Waals surface area contributed by atoms with Gasteiger partial charge >= 0.3 is 0 Å². The molecule has 2 nitrogen and oxygen atoms in total. The predicted molar refractivity (Wildman–Crippen MR) is 64.1 cm³/mol. The summed E-state index contributed by atoms with van der Waals surface area (Å²) in [6, 6.07) is 13.4. The average molecular weight is 208 g/mol. The van der Waals surface area contributed by atoms with Crippen molar-refractivity contribution in [1.82, 2.24) is 0 Å². The molecule has 0 bridgehead atoms. The Balaban J connectivity index is 2.53. The van der Waals surface area contributed by atoms with Gasteiger partial charge in [0, 0.05) is 16.2 Å². The monoisotopic (exact) mass is 208 g/mol. The number of hydrogen-bond acceptors (Lipinski definition) is 2. The SMILES string of the molecule is Oc1cc2cccc3oc4cccc1c4c23. The van der Waals surface area contributed by atoms with Gasteiger partial charge in [-0.15, -0.1) is 0 Å². The molecule has 0 atom stereocenters. The molecule has 0 fully saturated rings. The van der Waals surface area contributed by atoms with Crippen LogP contribution in [0.15, 0.2) is 46.9 Å². The van der Waals surface area contributed by atoms with Crippen LogP contribution in [0.1, 0.15) is 0 Å². The summed E-state index contributed by atoms with van der Waals surface area (Å²) < 4.78 is 5.76. The fraction of sp³-hybridized carbons (Fsp3) is 0. The van der Waals surface area contributed by atoms with Crippen LogP contribution in [-0.2, 0) is 0 Å². The molecule has 0 aliphatic carbocycles. The van der Waals surface area contributed by atoms with Gasteiger partial charge in [-0.1, -0.05) is 24.3 Å². The Morgan fingerprint density at radius 2 is 1.62 bits per heavy atom. The Kier molecular flexibility index (Phi) is 1.24. The third kappa shape index (κ3) is 0.784. The zero-order chi connectivity index (χ0) is 10.7. The van der Waals surface area contributed by atoms with Gasteiger partial charge in [-0.05, 0) is 23.6 Å². The molecule has 3 aromatic carbocycles. The van der Waals surface area contributed by atoms with Crippen LogP contribution in [0.3, 0.4) is 0 Å². The van der Waals surface area contributed by atoms with Crippen molar-refractivity contribution in [3.8, 4) is 5.75 Å². The Labute approximate surface area is 91.0 Å². The van der Waals surface area contributed by atoms with Gasteiger partial charge in [0.05, 0.1) is 0 Å². The number of phenolic OH excluding ortho intramolecular Hbond substituents is 1. The van der Waals surface area contributed by atoms with Gasteiger partial charge in [0.15, 0.2) is 0 Å². The van der Waals surface area contributed by atoms with Crippen LogP contribution in [-0.4, -0.2) is 5.11 Å². The van der Waals surface area contributed by atoms with E-state index in [1.165, 1.54) is 0 Å². The molecule has 76 valence electrons. The van der Waals surface area contributed by atoms with Crippen molar-refractivity contribution in [3.05, 3.63) is 42.5 Å². The fourth-order valence-corrected chi connectivity index (χ4v) is 2.45. The highest BCUT2D eigenvalue weighted by molar-refractivity contribution is 6.23. The quantitative estimate of drug-likeness (QED) is 0.445. The highest BCUT2D eigenvalue weighted by Gasteiger charge is 2.14. The summed E-state index contributed by atoms with van der Waals surface area (Å²) in [7, 11) is 0. The molecule has 2 heteroatoms. The minimum Gasteiger partial charge on any atom is -0.507 e. The van der Waals surface area contributed by atoms with Crippen molar-refractivity contribution in [2.45, 2.75) is 0 Å². The van der Waals surface area contributed by atoms with E-state index in [2.05, 4.69) is 0 Å². The third-order valence-electron chi connectivity index (χ3n) is 3.12. The molecule has 16 heavy (non-hydrogen) atoms. The lowest BCUT2D eigenvalue weighted by Gasteiger charge is -2.02. The number of aromatic hydroxyl groups is 1. The van der Waals surface area contributed by atoms with Crippen LogP contribution in [0.25, 0.3) is 32.7 Å². The van der Waals surface area contributed by atoms with Gasteiger partial charge in [0.1, 0.15) is 16.9 Å². The molecule has 4 aromatic rings. The van der Waals surface area contributed by atoms with Gasteiger partial charge in [-0.25, -0.2) is 0 Å². The molecule has 0 saturated carbocycles. The Morgan fingerprint density at radius 1 is 0.875 bits per heavy atom. The van der Waals surface area contributed by atoms with E-state index in [0.717, 1.165) is 32.7 Å². The lowest BCUT2D eigenvalue weighted by molar-refractivity contribution is 0.482. The zero-order valence-electron chi connectivity index (χ0n) is 8.40. The van der Waals surface area contributed by atoms with Crippen molar-refractivity contribution in [3.63, 3.8) is 0 Å². The molecular formula is C14H8O2. The molecule has 1 heterocycles. The molecule has 0 amide bonds. The van der Waals surface area contributed by atoms with Crippen molar-refractivity contribution in [2.24, 2.45) is 0 Å². The maximum atomic E-state index is 9.96. The molecule has 1 N–H and O–H groups in total. The minimum absolute atomic E-state index is 0.312. The standard InChI is InChI=1S/C14H8O2/c15-10-7-8-3-1-5-11-13(8)14-9(10)4-2-6-12(14)16-11/h1-7,15H. The van der Waals surface area contributed by atoms with Crippen molar-refractivity contribution in [2.75, 3.05) is 0 Å². The Hall–Kier alpha value is -2.22.